The van der Waals surface area contributed by atoms with Crippen molar-refractivity contribution < 1.29 is 19.1 Å². The minimum Gasteiger partial charge on any atom is -0.452 e. The monoisotopic (exact) mass is 412 g/mol. The lowest BCUT2D eigenvalue weighted by Gasteiger charge is -2.07. The summed E-state index contributed by atoms with van der Waals surface area (Å²) in [6.45, 7) is 3.54. The molecule has 0 aliphatic rings. The van der Waals surface area contributed by atoms with Crippen LogP contribution in [0.2, 0.25) is 0 Å². The molecule has 0 bridgehead atoms. The molecule has 0 saturated carbocycles. The normalized spacial score (nSPS) is 10.6. The van der Waals surface area contributed by atoms with Crippen LogP contribution in [0.1, 0.15) is 37.7 Å². The van der Waals surface area contributed by atoms with Gasteiger partial charge in [-0.2, -0.15) is 5.10 Å². The van der Waals surface area contributed by atoms with Gasteiger partial charge in [-0.3, -0.25) is 14.3 Å². The Balaban J connectivity index is 1.64. The van der Waals surface area contributed by atoms with E-state index < -0.39 is 24.4 Å². The van der Waals surface area contributed by atoms with E-state index in [0.29, 0.717) is 28.5 Å². The van der Waals surface area contributed by atoms with Gasteiger partial charge in [-0.15, -0.1) is 11.3 Å². The number of benzene rings is 1. The molecule has 0 aliphatic heterocycles. The summed E-state index contributed by atoms with van der Waals surface area (Å²) in [5.74, 6) is -1.83. The highest BCUT2D eigenvalue weighted by Crippen LogP contribution is 2.22. The Kier molecular flexibility index (Phi) is 6.08. The van der Waals surface area contributed by atoms with Crippen molar-refractivity contribution in [3.8, 4) is 0 Å². The number of nitrogens with one attached hydrogen (secondary N) is 1. The molecule has 0 atom stereocenters. The number of thiophene rings is 1. The second kappa shape index (κ2) is 8.70. The largest absolute Gasteiger partial charge is 0.452 e. The molecule has 3 aromatic rings. The minimum atomic E-state index is -0.643. The van der Waals surface area contributed by atoms with Crippen LogP contribution < -0.4 is 11.1 Å². The van der Waals surface area contributed by atoms with Crippen molar-refractivity contribution in [2.45, 2.75) is 20.4 Å². The zero-order valence-corrected chi connectivity index (χ0v) is 16.8. The molecule has 2 amide bonds. The first kappa shape index (κ1) is 20.3. The molecular weight excluding hydrogens is 392 g/mol. The summed E-state index contributed by atoms with van der Waals surface area (Å²) in [4.78, 5) is 35.9. The van der Waals surface area contributed by atoms with E-state index in [1.54, 1.807) is 23.9 Å². The number of aryl methyl sites for hydroxylation is 1. The number of carbonyl (C=O) groups is 3. The zero-order valence-electron chi connectivity index (χ0n) is 16.0. The number of anilines is 1. The van der Waals surface area contributed by atoms with Crippen molar-refractivity contribution in [3.05, 3.63) is 69.9 Å². The van der Waals surface area contributed by atoms with Gasteiger partial charge in [-0.1, -0.05) is 30.3 Å². The maximum absolute atomic E-state index is 12.5. The van der Waals surface area contributed by atoms with Crippen LogP contribution in [-0.4, -0.2) is 34.2 Å². The second-order valence-corrected chi connectivity index (χ2v) is 7.26. The van der Waals surface area contributed by atoms with Crippen LogP contribution >= 0.6 is 11.3 Å². The van der Waals surface area contributed by atoms with Gasteiger partial charge in [-0.05, 0) is 30.9 Å². The Morgan fingerprint density at radius 2 is 1.90 bits per heavy atom. The summed E-state index contributed by atoms with van der Waals surface area (Å²) in [6, 6.07) is 11.3. The SMILES string of the molecule is Cc1nn(Cc2ccccc2)c(C)c1C(=O)OCC(=O)Nc1sccc1C(N)=O. The lowest BCUT2D eigenvalue weighted by atomic mass is 10.2. The topological polar surface area (TPSA) is 116 Å². The highest BCUT2D eigenvalue weighted by Gasteiger charge is 2.21. The molecule has 3 rings (SSSR count). The number of carbonyl (C=O) groups excluding carboxylic acids is 3. The van der Waals surface area contributed by atoms with Gasteiger partial charge in [0.15, 0.2) is 6.61 Å². The van der Waals surface area contributed by atoms with Crippen molar-refractivity contribution in [2.75, 3.05) is 11.9 Å². The fourth-order valence-corrected chi connectivity index (χ4v) is 3.68. The second-order valence-electron chi connectivity index (χ2n) is 6.34. The molecular formula is C20H20N4O4S. The first-order chi connectivity index (χ1) is 13.9. The summed E-state index contributed by atoms with van der Waals surface area (Å²) in [5.41, 5.74) is 8.03. The third-order valence-electron chi connectivity index (χ3n) is 4.28. The predicted molar refractivity (Wildman–Crippen MR) is 109 cm³/mol. The quantitative estimate of drug-likeness (QED) is 0.579. The number of hydrogen-bond donors (Lipinski definition) is 2. The van der Waals surface area contributed by atoms with Crippen LogP contribution in [0.25, 0.3) is 0 Å². The smallest absolute Gasteiger partial charge is 0.342 e. The Labute approximate surface area is 171 Å². The van der Waals surface area contributed by atoms with Gasteiger partial charge >= 0.3 is 5.97 Å². The molecule has 3 N–H and O–H groups in total. The van der Waals surface area contributed by atoms with E-state index in [0.717, 1.165) is 16.9 Å². The van der Waals surface area contributed by atoms with Crippen LogP contribution in [0.5, 0.6) is 0 Å². The van der Waals surface area contributed by atoms with Gasteiger partial charge in [0.2, 0.25) is 0 Å². The number of esters is 1. The van der Waals surface area contributed by atoms with E-state index >= 15 is 0 Å². The Morgan fingerprint density at radius 3 is 2.59 bits per heavy atom. The van der Waals surface area contributed by atoms with Crippen LogP contribution in [-0.2, 0) is 16.1 Å². The van der Waals surface area contributed by atoms with E-state index in [4.69, 9.17) is 10.5 Å². The Hall–Kier alpha value is -3.46. The average molecular weight is 412 g/mol. The molecule has 0 aliphatic carbocycles. The zero-order chi connectivity index (χ0) is 21.0. The number of amides is 2. The van der Waals surface area contributed by atoms with E-state index in [-0.39, 0.29) is 5.56 Å². The summed E-state index contributed by atoms with van der Waals surface area (Å²) in [5, 5.41) is 8.89. The van der Waals surface area contributed by atoms with Gasteiger partial charge in [0.05, 0.1) is 23.5 Å². The first-order valence-corrected chi connectivity index (χ1v) is 9.67. The molecule has 0 fully saturated rings. The standard InChI is InChI=1S/C20H20N4O4S/c1-12-17(13(2)24(23-12)10-14-6-4-3-5-7-14)20(27)28-11-16(25)22-19-15(18(21)26)8-9-29-19/h3-9H,10-11H2,1-2H3,(H2,21,26)(H,22,25). The highest BCUT2D eigenvalue weighted by molar-refractivity contribution is 7.14. The molecule has 0 radical (unpaired) electrons. The molecule has 0 unspecified atom stereocenters. The van der Waals surface area contributed by atoms with Crippen molar-refractivity contribution in [1.82, 2.24) is 9.78 Å². The number of nitrogens with zero attached hydrogens (tertiary/aromatic N) is 2. The third-order valence-corrected chi connectivity index (χ3v) is 5.11. The summed E-state index contributed by atoms with van der Waals surface area (Å²) in [6.07, 6.45) is 0. The first-order valence-electron chi connectivity index (χ1n) is 8.79. The number of primary amides is 1. The Bertz CT molecular complexity index is 1060. The van der Waals surface area contributed by atoms with E-state index in [1.165, 1.54) is 6.07 Å². The highest BCUT2D eigenvalue weighted by atomic mass is 32.1. The lowest BCUT2D eigenvalue weighted by molar-refractivity contribution is -0.119. The Morgan fingerprint density at radius 1 is 1.17 bits per heavy atom. The third kappa shape index (κ3) is 4.69. The summed E-state index contributed by atoms with van der Waals surface area (Å²) in [7, 11) is 0. The molecule has 29 heavy (non-hydrogen) atoms. The number of ether oxygens (including phenoxy) is 1. The number of hydrogen-bond acceptors (Lipinski definition) is 6. The number of aromatic nitrogens is 2. The van der Waals surface area contributed by atoms with Gasteiger partial charge in [0.1, 0.15) is 10.6 Å². The van der Waals surface area contributed by atoms with Crippen LogP contribution in [0, 0.1) is 13.8 Å². The van der Waals surface area contributed by atoms with E-state index in [9.17, 15) is 14.4 Å². The van der Waals surface area contributed by atoms with Crippen LogP contribution in [0.15, 0.2) is 41.8 Å². The van der Waals surface area contributed by atoms with Gasteiger partial charge in [-0.25, -0.2) is 4.79 Å². The molecule has 0 spiro atoms. The van der Waals surface area contributed by atoms with Gasteiger partial charge < -0.3 is 15.8 Å². The molecule has 2 aromatic heterocycles. The van der Waals surface area contributed by atoms with Crippen molar-refractivity contribution >= 4 is 34.1 Å². The van der Waals surface area contributed by atoms with Gasteiger partial charge in [0.25, 0.3) is 11.8 Å². The maximum Gasteiger partial charge on any atom is 0.342 e. The fourth-order valence-electron chi connectivity index (χ4n) is 2.87. The minimum absolute atomic E-state index is 0.212. The van der Waals surface area contributed by atoms with Crippen LogP contribution in [0.3, 0.4) is 0 Å². The maximum atomic E-state index is 12.5. The van der Waals surface area contributed by atoms with Crippen molar-refractivity contribution in [3.63, 3.8) is 0 Å². The number of rotatable bonds is 7. The molecule has 2 heterocycles. The predicted octanol–water partition coefficient (Wildman–Crippen LogP) is 2.50. The lowest BCUT2D eigenvalue weighted by Crippen LogP contribution is -2.22. The summed E-state index contributed by atoms with van der Waals surface area (Å²) >= 11 is 1.16. The van der Waals surface area contributed by atoms with Crippen molar-refractivity contribution in [2.24, 2.45) is 5.73 Å². The summed E-state index contributed by atoms with van der Waals surface area (Å²) < 4.78 is 6.88. The molecule has 150 valence electrons. The fraction of sp³-hybridized carbons (Fsp3) is 0.200. The van der Waals surface area contributed by atoms with Gasteiger partial charge in [0, 0.05) is 0 Å². The van der Waals surface area contributed by atoms with E-state index in [1.807, 2.05) is 30.3 Å². The molecule has 8 nitrogen and oxygen atoms in total. The molecule has 0 saturated heterocycles. The average Bonchev–Trinajstić information content (AvgIpc) is 3.25. The van der Waals surface area contributed by atoms with Crippen molar-refractivity contribution in [1.29, 1.82) is 0 Å². The molecule has 1 aromatic carbocycles. The van der Waals surface area contributed by atoms with E-state index in [2.05, 4.69) is 10.4 Å². The number of nitrogens with two attached hydrogens (primary N) is 1. The molecule has 9 heteroatoms. The van der Waals surface area contributed by atoms with Crippen LogP contribution in [0.4, 0.5) is 5.00 Å².